The van der Waals surface area contributed by atoms with Crippen molar-refractivity contribution in [1.82, 2.24) is 0 Å². The molecule has 0 fully saturated rings. The Hall–Kier alpha value is -0.610. The molecule has 0 aliphatic carbocycles. The first-order valence-electron chi connectivity index (χ1n) is 4.34. The second kappa shape index (κ2) is 7.06. The molecule has 0 saturated heterocycles. The van der Waals surface area contributed by atoms with E-state index in [2.05, 4.69) is 6.92 Å². The van der Waals surface area contributed by atoms with Crippen LogP contribution < -0.4 is 11.5 Å². The molecule has 0 spiro atoms. The summed E-state index contributed by atoms with van der Waals surface area (Å²) >= 11 is 0. The molecule has 0 radical (unpaired) electrons. The predicted octanol–water partition coefficient (Wildman–Crippen LogP) is 0.00580. The van der Waals surface area contributed by atoms with Gasteiger partial charge in [0.1, 0.15) is 12.6 Å². The molecule has 4 heteroatoms. The summed E-state index contributed by atoms with van der Waals surface area (Å²) in [6.45, 7) is 2.67. The van der Waals surface area contributed by atoms with E-state index >= 15 is 0 Å². The Morgan fingerprint density at radius 3 is 2.75 bits per heavy atom. The van der Waals surface area contributed by atoms with Crippen LogP contribution >= 0.6 is 0 Å². The van der Waals surface area contributed by atoms with Crippen LogP contribution in [0.1, 0.15) is 26.2 Å². The molecule has 72 valence electrons. The van der Waals surface area contributed by atoms with E-state index in [1.54, 1.807) is 0 Å². The van der Waals surface area contributed by atoms with Gasteiger partial charge in [0, 0.05) is 6.54 Å². The average molecular weight is 174 g/mol. The minimum Gasteiger partial charge on any atom is -0.463 e. The molecular formula is C8H18N2O2. The molecule has 0 bridgehead atoms. The highest BCUT2D eigenvalue weighted by Crippen LogP contribution is 1.99. The third kappa shape index (κ3) is 5.09. The van der Waals surface area contributed by atoms with Crippen molar-refractivity contribution < 1.29 is 9.53 Å². The molecule has 0 heterocycles. The fraction of sp³-hybridized carbons (Fsp3) is 0.875. The van der Waals surface area contributed by atoms with Crippen LogP contribution in [-0.2, 0) is 9.53 Å². The molecule has 1 unspecified atom stereocenters. The lowest BCUT2D eigenvalue weighted by Gasteiger charge is -2.09. The van der Waals surface area contributed by atoms with Gasteiger partial charge < -0.3 is 16.2 Å². The average Bonchev–Trinajstić information content (AvgIpc) is 2.10. The van der Waals surface area contributed by atoms with E-state index in [-0.39, 0.29) is 12.6 Å². The number of rotatable bonds is 6. The van der Waals surface area contributed by atoms with E-state index in [0.29, 0.717) is 13.0 Å². The Morgan fingerprint density at radius 2 is 2.25 bits per heavy atom. The topological polar surface area (TPSA) is 78.3 Å². The van der Waals surface area contributed by atoms with E-state index in [4.69, 9.17) is 16.2 Å². The van der Waals surface area contributed by atoms with Gasteiger partial charge in [-0.3, -0.25) is 4.79 Å². The highest BCUT2D eigenvalue weighted by molar-refractivity contribution is 5.75. The van der Waals surface area contributed by atoms with Crippen LogP contribution in [0.4, 0.5) is 0 Å². The molecule has 4 N–H and O–H groups in total. The summed E-state index contributed by atoms with van der Waals surface area (Å²) in [5.41, 5.74) is 10.7. The molecule has 0 aromatic carbocycles. The second-order valence-electron chi connectivity index (χ2n) is 2.70. The third-order valence-corrected chi connectivity index (χ3v) is 1.53. The number of esters is 1. The van der Waals surface area contributed by atoms with Crippen molar-refractivity contribution in [3.8, 4) is 0 Å². The minimum atomic E-state index is -0.475. The van der Waals surface area contributed by atoms with Crippen molar-refractivity contribution in [2.75, 3.05) is 13.2 Å². The summed E-state index contributed by atoms with van der Waals surface area (Å²) in [5, 5.41) is 0. The van der Waals surface area contributed by atoms with Gasteiger partial charge in [0.15, 0.2) is 0 Å². The lowest BCUT2D eigenvalue weighted by molar-refractivity contribution is -0.145. The predicted molar refractivity (Wildman–Crippen MR) is 47.5 cm³/mol. The molecule has 0 aromatic rings. The zero-order valence-corrected chi connectivity index (χ0v) is 7.58. The van der Waals surface area contributed by atoms with Crippen molar-refractivity contribution in [2.45, 2.75) is 32.2 Å². The van der Waals surface area contributed by atoms with Crippen LogP contribution in [0.25, 0.3) is 0 Å². The smallest absolute Gasteiger partial charge is 0.322 e. The molecule has 0 aromatic heterocycles. The zero-order valence-electron chi connectivity index (χ0n) is 7.58. The van der Waals surface area contributed by atoms with Crippen molar-refractivity contribution in [2.24, 2.45) is 11.5 Å². The Balaban J connectivity index is 3.47. The summed E-state index contributed by atoms with van der Waals surface area (Å²) in [7, 11) is 0. The van der Waals surface area contributed by atoms with Crippen LogP contribution in [0, 0.1) is 0 Å². The largest absolute Gasteiger partial charge is 0.463 e. The van der Waals surface area contributed by atoms with Gasteiger partial charge in [-0.25, -0.2) is 0 Å². The summed E-state index contributed by atoms with van der Waals surface area (Å²) in [5.74, 6) is -0.339. The summed E-state index contributed by atoms with van der Waals surface area (Å²) in [4.78, 5) is 11.0. The summed E-state index contributed by atoms with van der Waals surface area (Å²) < 4.78 is 4.76. The monoisotopic (exact) mass is 174 g/mol. The van der Waals surface area contributed by atoms with Crippen LogP contribution in [0.3, 0.4) is 0 Å². The van der Waals surface area contributed by atoms with E-state index in [9.17, 15) is 4.79 Å². The van der Waals surface area contributed by atoms with Gasteiger partial charge in [-0.2, -0.15) is 0 Å². The van der Waals surface area contributed by atoms with Crippen LogP contribution in [0.5, 0.6) is 0 Å². The lowest BCUT2D eigenvalue weighted by Crippen LogP contribution is -2.33. The number of unbranched alkanes of at least 4 members (excludes halogenated alkanes) is 1. The maximum Gasteiger partial charge on any atom is 0.322 e. The quantitative estimate of drug-likeness (QED) is 0.556. The Kier molecular flexibility index (Phi) is 6.70. The van der Waals surface area contributed by atoms with E-state index in [1.165, 1.54) is 0 Å². The normalized spacial score (nSPS) is 12.6. The lowest BCUT2D eigenvalue weighted by atomic mass is 10.1. The van der Waals surface area contributed by atoms with Crippen molar-refractivity contribution in [1.29, 1.82) is 0 Å². The SMILES string of the molecule is CCCCC(N)C(=O)OCCN. The molecule has 12 heavy (non-hydrogen) atoms. The Labute approximate surface area is 73.2 Å². The van der Waals surface area contributed by atoms with E-state index < -0.39 is 6.04 Å². The fourth-order valence-electron chi connectivity index (χ4n) is 0.808. The van der Waals surface area contributed by atoms with Gasteiger partial charge in [0.2, 0.25) is 0 Å². The number of carbonyl (C=O) groups is 1. The van der Waals surface area contributed by atoms with Gasteiger partial charge in [-0.05, 0) is 6.42 Å². The third-order valence-electron chi connectivity index (χ3n) is 1.53. The Morgan fingerprint density at radius 1 is 1.58 bits per heavy atom. The molecule has 0 rings (SSSR count). The highest BCUT2D eigenvalue weighted by atomic mass is 16.5. The number of hydrogen-bond acceptors (Lipinski definition) is 4. The van der Waals surface area contributed by atoms with Crippen LogP contribution in [0.15, 0.2) is 0 Å². The summed E-state index contributed by atoms with van der Waals surface area (Å²) in [6.07, 6.45) is 2.69. The van der Waals surface area contributed by atoms with Crippen molar-refractivity contribution in [3.05, 3.63) is 0 Å². The molecule has 0 aliphatic heterocycles. The van der Waals surface area contributed by atoms with Crippen LogP contribution in [0.2, 0.25) is 0 Å². The number of carbonyl (C=O) groups excluding carboxylic acids is 1. The van der Waals surface area contributed by atoms with E-state index in [1.807, 2.05) is 0 Å². The zero-order chi connectivity index (χ0) is 9.40. The first-order valence-corrected chi connectivity index (χ1v) is 4.34. The molecule has 0 amide bonds. The molecule has 1 atom stereocenters. The maximum absolute atomic E-state index is 11.0. The first kappa shape index (κ1) is 11.4. The van der Waals surface area contributed by atoms with Crippen molar-refractivity contribution in [3.63, 3.8) is 0 Å². The highest BCUT2D eigenvalue weighted by Gasteiger charge is 2.13. The van der Waals surface area contributed by atoms with E-state index in [0.717, 1.165) is 12.8 Å². The van der Waals surface area contributed by atoms with Gasteiger partial charge in [-0.1, -0.05) is 19.8 Å². The molecular weight excluding hydrogens is 156 g/mol. The number of ether oxygens (including phenoxy) is 1. The van der Waals surface area contributed by atoms with Crippen molar-refractivity contribution >= 4 is 5.97 Å². The maximum atomic E-state index is 11.0. The van der Waals surface area contributed by atoms with Gasteiger partial charge >= 0.3 is 5.97 Å². The second-order valence-corrected chi connectivity index (χ2v) is 2.70. The first-order chi connectivity index (χ1) is 5.72. The molecule has 0 saturated carbocycles. The molecule has 4 nitrogen and oxygen atoms in total. The number of nitrogens with two attached hydrogens (primary N) is 2. The Bertz CT molecular complexity index is 128. The van der Waals surface area contributed by atoms with Crippen LogP contribution in [-0.4, -0.2) is 25.2 Å². The number of hydrogen-bond donors (Lipinski definition) is 2. The fourth-order valence-corrected chi connectivity index (χ4v) is 0.808. The van der Waals surface area contributed by atoms with Gasteiger partial charge in [-0.15, -0.1) is 0 Å². The summed E-state index contributed by atoms with van der Waals surface area (Å²) in [6, 6.07) is -0.475. The van der Waals surface area contributed by atoms with Gasteiger partial charge in [0.25, 0.3) is 0 Å². The molecule has 0 aliphatic rings. The van der Waals surface area contributed by atoms with Gasteiger partial charge in [0.05, 0.1) is 0 Å². The standard InChI is InChI=1S/C8H18N2O2/c1-2-3-4-7(10)8(11)12-6-5-9/h7H,2-6,9-10H2,1H3. The minimum absolute atomic E-state index is 0.263.